The number of allylic oxidation sites excluding steroid dienone is 1. The average molecular weight is 184 g/mol. The molecule has 0 saturated heterocycles. The molecular weight excluding hydrogens is 180 g/mol. The standard InChI is InChI=1S/C6H4N2O3S/c9-3-1-2-5-7-4-6(12-5)8(10)11/h1-4H. The van der Waals surface area contributed by atoms with Gasteiger partial charge in [-0.25, -0.2) is 4.98 Å². The fraction of sp³-hybridized carbons (Fsp3) is 0. The maximum atomic E-state index is 10.2. The highest BCUT2D eigenvalue weighted by Gasteiger charge is 2.08. The molecule has 0 atom stereocenters. The largest absolute Gasteiger partial charge is 0.344 e. The lowest BCUT2D eigenvalue weighted by atomic mass is 10.5. The maximum absolute atomic E-state index is 10.2. The van der Waals surface area contributed by atoms with E-state index >= 15 is 0 Å². The minimum Gasteiger partial charge on any atom is -0.299 e. The molecule has 1 aromatic heterocycles. The van der Waals surface area contributed by atoms with E-state index in [1.807, 2.05) is 0 Å². The van der Waals surface area contributed by atoms with Crippen molar-refractivity contribution in [2.24, 2.45) is 0 Å². The lowest BCUT2D eigenvalue weighted by Crippen LogP contribution is -1.80. The smallest absolute Gasteiger partial charge is 0.299 e. The zero-order valence-corrected chi connectivity index (χ0v) is 6.65. The van der Waals surface area contributed by atoms with E-state index in [0.717, 1.165) is 17.5 Å². The number of hydrogen-bond acceptors (Lipinski definition) is 5. The summed E-state index contributed by atoms with van der Waals surface area (Å²) in [6.45, 7) is 0. The van der Waals surface area contributed by atoms with Crippen molar-refractivity contribution in [2.75, 3.05) is 0 Å². The molecule has 0 fully saturated rings. The van der Waals surface area contributed by atoms with E-state index in [-0.39, 0.29) is 5.00 Å². The topological polar surface area (TPSA) is 73.1 Å². The van der Waals surface area contributed by atoms with Crippen LogP contribution in [0.4, 0.5) is 5.00 Å². The Bertz CT molecular complexity index is 331. The number of nitro groups is 1. The third-order valence-electron chi connectivity index (χ3n) is 1.01. The molecule has 0 radical (unpaired) electrons. The summed E-state index contributed by atoms with van der Waals surface area (Å²) in [6, 6.07) is 0. The molecule has 0 bridgehead atoms. The Kier molecular flexibility index (Phi) is 2.65. The van der Waals surface area contributed by atoms with Crippen LogP contribution < -0.4 is 0 Å². The quantitative estimate of drug-likeness (QED) is 0.307. The molecule has 0 aromatic carbocycles. The van der Waals surface area contributed by atoms with Crippen molar-refractivity contribution in [3.63, 3.8) is 0 Å². The van der Waals surface area contributed by atoms with E-state index in [4.69, 9.17) is 0 Å². The van der Waals surface area contributed by atoms with Gasteiger partial charge in [0.15, 0.2) is 0 Å². The minimum atomic E-state index is -0.518. The number of aldehydes is 1. The molecule has 1 heterocycles. The molecule has 0 aliphatic rings. The highest BCUT2D eigenvalue weighted by molar-refractivity contribution is 7.15. The molecule has 6 heteroatoms. The highest BCUT2D eigenvalue weighted by atomic mass is 32.1. The number of aromatic nitrogens is 1. The van der Waals surface area contributed by atoms with Gasteiger partial charge in [-0.1, -0.05) is 0 Å². The maximum Gasteiger partial charge on any atom is 0.344 e. The van der Waals surface area contributed by atoms with E-state index in [1.165, 1.54) is 12.2 Å². The van der Waals surface area contributed by atoms with Gasteiger partial charge < -0.3 is 0 Å². The summed E-state index contributed by atoms with van der Waals surface area (Å²) in [5.41, 5.74) is 0. The summed E-state index contributed by atoms with van der Waals surface area (Å²) < 4.78 is 0. The van der Waals surface area contributed by atoms with Gasteiger partial charge in [0.1, 0.15) is 17.5 Å². The SMILES string of the molecule is O=CC=Cc1ncc([N+](=O)[O-])s1. The molecule has 0 saturated carbocycles. The second-order valence-electron chi connectivity index (χ2n) is 1.79. The van der Waals surface area contributed by atoms with Crippen LogP contribution >= 0.6 is 11.3 Å². The van der Waals surface area contributed by atoms with Crippen LogP contribution in [-0.4, -0.2) is 16.2 Å². The molecule has 0 unspecified atom stereocenters. The summed E-state index contributed by atoms with van der Waals surface area (Å²) >= 11 is 0.925. The first-order valence-electron chi connectivity index (χ1n) is 2.96. The lowest BCUT2D eigenvalue weighted by Gasteiger charge is -1.77. The van der Waals surface area contributed by atoms with Gasteiger partial charge in [0.05, 0.1) is 4.92 Å². The van der Waals surface area contributed by atoms with Crippen molar-refractivity contribution in [1.29, 1.82) is 0 Å². The van der Waals surface area contributed by atoms with E-state index in [2.05, 4.69) is 4.98 Å². The van der Waals surface area contributed by atoms with Gasteiger partial charge in [0, 0.05) is 0 Å². The van der Waals surface area contributed by atoms with E-state index < -0.39 is 4.92 Å². The Morgan fingerprint density at radius 3 is 2.92 bits per heavy atom. The average Bonchev–Trinajstić information content (AvgIpc) is 2.48. The molecule has 0 amide bonds. The predicted octanol–water partition coefficient (Wildman–Crippen LogP) is 1.26. The van der Waals surface area contributed by atoms with Gasteiger partial charge in [-0.2, -0.15) is 0 Å². The highest BCUT2D eigenvalue weighted by Crippen LogP contribution is 2.21. The van der Waals surface area contributed by atoms with Crippen LogP contribution in [-0.2, 0) is 4.79 Å². The number of rotatable bonds is 3. The predicted molar refractivity (Wildman–Crippen MR) is 43.9 cm³/mol. The summed E-state index contributed by atoms with van der Waals surface area (Å²) in [7, 11) is 0. The molecule has 0 aliphatic heterocycles. The van der Waals surface area contributed by atoms with Crippen LogP contribution in [0.25, 0.3) is 6.08 Å². The summed E-state index contributed by atoms with van der Waals surface area (Å²) in [5.74, 6) is 0. The van der Waals surface area contributed by atoms with Gasteiger partial charge in [0.25, 0.3) is 0 Å². The van der Waals surface area contributed by atoms with Crippen molar-refractivity contribution in [2.45, 2.75) is 0 Å². The second kappa shape index (κ2) is 3.72. The monoisotopic (exact) mass is 184 g/mol. The van der Waals surface area contributed by atoms with Crippen LogP contribution in [0.5, 0.6) is 0 Å². The van der Waals surface area contributed by atoms with Gasteiger partial charge in [-0.15, -0.1) is 0 Å². The van der Waals surface area contributed by atoms with Crippen molar-refractivity contribution < 1.29 is 9.72 Å². The first-order chi connectivity index (χ1) is 5.74. The van der Waals surface area contributed by atoms with Crippen molar-refractivity contribution in [3.8, 4) is 0 Å². The molecule has 1 aromatic rings. The molecule has 0 aliphatic carbocycles. The third-order valence-corrected chi connectivity index (χ3v) is 1.92. The molecular formula is C6H4N2O3S. The molecule has 5 nitrogen and oxygen atoms in total. The second-order valence-corrected chi connectivity index (χ2v) is 2.83. The molecule has 1 rings (SSSR count). The van der Waals surface area contributed by atoms with E-state index in [0.29, 0.717) is 11.3 Å². The molecule has 0 N–H and O–H groups in total. The van der Waals surface area contributed by atoms with Crippen LogP contribution in [0.1, 0.15) is 5.01 Å². The first-order valence-corrected chi connectivity index (χ1v) is 3.78. The van der Waals surface area contributed by atoms with Crippen molar-refractivity contribution >= 4 is 28.7 Å². The fourth-order valence-corrected chi connectivity index (χ4v) is 1.21. The van der Waals surface area contributed by atoms with Crippen LogP contribution in [0.2, 0.25) is 0 Å². The Morgan fingerprint density at radius 1 is 1.67 bits per heavy atom. The number of nitrogens with zero attached hydrogens (tertiary/aromatic N) is 2. The summed E-state index contributed by atoms with van der Waals surface area (Å²) in [6.07, 6.45) is 4.41. The van der Waals surface area contributed by atoms with Crippen LogP contribution in [0.3, 0.4) is 0 Å². The third kappa shape index (κ3) is 1.96. The first kappa shape index (κ1) is 8.54. The van der Waals surface area contributed by atoms with Gasteiger partial charge >= 0.3 is 5.00 Å². The number of thiazole rings is 1. The number of carbonyl (C=O) groups excluding carboxylic acids is 1. The van der Waals surface area contributed by atoms with Gasteiger partial charge in [0.2, 0.25) is 0 Å². The zero-order valence-electron chi connectivity index (χ0n) is 5.84. The molecule has 12 heavy (non-hydrogen) atoms. The normalized spacial score (nSPS) is 10.3. The zero-order chi connectivity index (χ0) is 8.97. The van der Waals surface area contributed by atoms with Gasteiger partial charge in [-0.3, -0.25) is 14.9 Å². The Hall–Kier alpha value is -1.56. The van der Waals surface area contributed by atoms with Crippen LogP contribution in [0, 0.1) is 10.1 Å². The Balaban J connectivity index is 2.84. The lowest BCUT2D eigenvalue weighted by molar-refractivity contribution is -0.380. The Morgan fingerprint density at radius 2 is 2.42 bits per heavy atom. The Labute approximate surface area is 71.5 Å². The van der Waals surface area contributed by atoms with E-state index in [9.17, 15) is 14.9 Å². The summed E-state index contributed by atoms with van der Waals surface area (Å²) in [4.78, 5) is 23.2. The summed E-state index contributed by atoms with van der Waals surface area (Å²) in [5, 5.41) is 10.6. The molecule has 62 valence electrons. The van der Waals surface area contributed by atoms with E-state index in [1.54, 1.807) is 0 Å². The van der Waals surface area contributed by atoms with Crippen molar-refractivity contribution in [3.05, 3.63) is 27.4 Å². The fourth-order valence-electron chi connectivity index (χ4n) is 0.562. The number of hydrogen-bond donors (Lipinski definition) is 0. The minimum absolute atomic E-state index is 0.0273. The number of carbonyl (C=O) groups is 1. The molecule has 0 spiro atoms. The van der Waals surface area contributed by atoms with Crippen molar-refractivity contribution in [1.82, 2.24) is 4.98 Å². The van der Waals surface area contributed by atoms with Gasteiger partial charge in [-0.05, 0) is 23.5 Å². The van der Waals surface area contributed by atoms with Crippen LogP contribution in [0.15, 0.2) is 12.3 Å².